The quantitative estimate of drug-likeness (QED) is 0.681. The molecule has 0 saturated carbocycles. The molecule has 2 atom stereocenters. The first-order valence-electron chi connectivity index (χ1n) is 4.66. The molecule has 2 heterocycles. The number of carbonyl (C=O) groups is 1. The van der Waals surface area contributed by atoms with E-state index in [1.165, 1.54) is 0 Å². The summed E-state index contributed by atoms with van der Waals surface area (Å²) in [6, 6.07) is 0.0735. The van der Waals surface area contributed by atoms with Crippen LogP contribution in [-0.2, 0) is 14.6 Å². The lowest BCUT2D eigenvalue weighted by Gasteiger charge is -2.25. The summed E-state index contributed by atoms with van der Waals surface area (Å²) in [5, 5.41) is 8.27. The van der Waals surface area contributed by atoms with Crippen molar-refractivity contribution in [2.45, 2.75) is 24.1 Å². The first-order valence-corrected chi connectivity index (χ1v) is 6.38. The molecule has 2 saturated heterocycles. The Morgan fingerprint density at radius 1 is 1.50 bits per heavy atom. The fourth-order valence-electron chi connectivity index (χ4n) is 2.29. The van der Waals surface area contributed by atoms with E-state index in [1.54, 1.807) is 0 Å². The third kappa shape index (κ3) is 1.64. The molecule has 0 spiro atoms. The van der Waals surface area contributed by atoms with E-state index in [0.717, 1.165) is 0 Å². The van der Waals surface area contributed by atoms with Crippen molar-refractivity contribution in [3.63, 3.8) is 0 Å². The van der Waals surface area contributed by atoms with Gasteiger partial charge >= 0.3 is 5.97 Å². The molecule has 2 bridgehead atoms. The highest BCUT2D eigenvalue weighted by molar-refractivity contribution is 7.92. The highest BCUT2D eigenvalue weighted by atomic mass is 32.2. The van der Waals surface area contributed by atoms with Crippen molar-refractivity contribution in [3.8, 4) is 0 Å². The Morgan fingerprint density at radius 3 is 2.64 bits per heavy atom. The largest absolute Gasteiger partial charge is 0.481 e. The molecule has 0 radical (unpaired) electrons. The van der Waals surface area contributed by atoms with Gasteiger partial charge in [0.15, 0.2) is 9.84 Å². The van der Waals surface area contributed by atoms with E-state index in [9.17, 15) is 13.2 Å². The minimum Gasteiger partial charge on any atom is -0.481 e. The number of likely N-dealkylation sites (tertiary alicyclic amines) is 1. The van der Waals surface area contributed by atoms with Crippen molar-refractivity contribution in [2.75, 3.05) is 18.8 Å². The van der Waals surface area contributed by atoms with E-state index in [-0.39, 0.29) is 23.5 Å². The number of fused-ring (bicyclic) bond motifs is 2. The van der Waals surface area contributed by atoms with Crippen LogP contribution >= 0.6 is 0 Å². The summed E-state index contributed by atoms with van der Waals surface area (Å²) in [5.74, 6) is -0.604. The highest BCUT2D eigenvalue weighted by Gasteiger charge is 2.47. The molecule has 2 fully saturated rings. The molecule has 5 nitrogen and oxygen atoms in total. The molecule has 6 heteroatoms. The number of hydrogen-bond donors (Lipinski definition) is 1. The fraction of sp³-hybridized carbons (Fsp3) is 0.875. The van der Waals surface area contributed by atoms with E-state index in [1.807, 2.05) is 4.90 Å². The van der Waals surface area contributed by atoms with Crippen LogP contribution in [0.2, 0.25) is 0 Å². The average Bonchev–Trinajstić information content (AvgIpc) is 2.55. The van der Waals surface area contributed by atoms with Gasteiger partial charge in [0.05, 0.1) is 17.4 Å². The second kappa shape index (κ2) is 3.20. The third-order valence-corrected chi connectivity index (χ3v) is 5.24. The van der Waals surface area contributed by atoms with Crippen molar-refractivity contribution in [3.05, 3.63) is 0 Å². The number of hydrogen-bond acceptors (Lipinski definition) is 4. The first-order chi connectivity index (χ1) is 6.49. The van der Waals surface area contributed by atoms with Gasteiger partial charge in [0, 0.05) is 19.1 Å². The zero-order valence-corrected chi connectivity index (χ0v) is 8.53. The lowest BCUT2D eigenvalue weighted by molar-refractivity contribution is -0.137. The maximum Gasteiger partial charge on any atom is 0.304 e. The summed E-state index contributed by atoms with van der Waals surface area (Å²) < 4.78 is 22.7. The Hall–Kier alpha value is -0.620. The molecular formula is C8H13NO4S. The van der Waals surface area contributed by atoms with Gasteiger partial charge in [-0.15, -0.1) is 0 Å². The SMILES string of the molecule is O=C(O)CCN1CC2CC1CS2(=O)=O. The molecule has 0 aliphatic carbocycles. The molecular weight excluding hydrogens is 206 g/mol. The Bertz CT molecular complexity index is 350. The van der Waals surface area contributed by atoms with Crippen LogP contribution in [0.4, 0.5) is 0 Å². The molecule has 2 unspecified atom stereocenters. The lowest BCUT2D eigenvalue weighted by atomic mass is 10.2. The van der Waals surface area contributed by atoms with Crippen molar-refractivity contribution in [2.24, 2.45) is 0 Å². The highest BCUT2D eigenvalue weighted by Crippen LogP contribution is 2.32. The van der Waals surface area contributed by atoms with Gasteiger partial charge in [-0.05, 0) is 6.42 Å². The molecule has 0 aromatic heterocycles. The molecule has 80 valence electrons. The number of sulfone groups is 1. The summed E-state index contributed by atoms with van der Waals surface area (Å²) in [5.41, 5.74) is 0. The second-order valence-corrected chi connectivity index (χ2v) is 6.31. The van der Waals surface area contributed by atoms with E-state index in [0.29, 0.717) is 19.5 Å². The van der Waals surface area contributed by atoms with E-state index in [2.05, 4.69) is 0 Å². The molecule has 2 aliphatic rings. The van der Waals surface area contributed by atoms with Crippen molar-refractivity contribution in [1.29, 1.82) is 0 Å². The molecule has 2 rings (SSSR count). The standard InChI is InChI=1S/C8H13NO4S/c10-8(11)1-2-9-4-7-3-6(9)5-14(7,12)13/h6-7H,1-5H2,(H,10,11). The van der Waals surface area contributed by atoms with Gasteiger partial charge < -0.3 is 5.11 Å². The topological polar surface area (TPSA) is 74.7 Å². The summed E-state index contributed by atoms with van der Waals surface area (Å²) in [4.78, 5) is 12.3. The van der Waals surface area contributed by atoms with Gasteiger partial charge in [-0.1, -0.05) is 0 Å². The van der Waals surface area contributed by atoms with Gasteiger partial charge in [0.2, 0.25) is 0 Å². The van der Waals surface area contributed by atoms with Crippen LogP contribution in [0.25, 0.3) is 0 Å². The zero-order chi connectivity index (χ0) is 10.3. The second-order valence-electron chi connectivity index (χ2n) is 3.98. The predicted octanol–water partition coefficient (Wildman–Crippen LogP) is -0.668. The maximum absolute atomic E-state index is 11.4. The molecule has 0 amide bonds. The number of aliphatic carboxylic acids is 1. The lowest BCUT2D eigenvalue weighted by Crippen LogP contribution is -2.41. The average molecular weight is 219 g/mol. The van der Waals surface area contributed by atoms with Crippen LogP contribution in [-0.4, -0.2) is 54.5 Å². The normalized spacial score (nSPS) is 34.9. The van der Waals surface area contributed by atoms with Gasteiger partial charge in [-0.25, -0.2) is 8.42 Å². The Kier molecular flexibility index (Phi) is 2.27. The van der Waals surface area contributed by atoms with Crippen molar-refractivity contribution < 1.29 is 18.3 Å². The molecule has 0 aromatic rings. The number of carboxylic acid groups (broad SMARTS) is 1. The van der Waals surface area contributed by atoms with Gasteiger partial charge in [-0.2, -0.15) is 0 Å². The zero-order valence-electron chi connectivity index (χ0n) is 7.72. The summed E-state index contributed by atoms with van der Waals surface area (Å²) in [7, 11) is -2.85. The fourth-order valence-corrected chi connectivity index (χ4v) is 4.38. The number of rotatable bonds is 3. The molecule has 0 aromatic carbocycles. The van der Waals surface area contributed by atoms with Crippen LogP contribution in [0.1, 0.15) is 12.8 Å². The van der Waals surface area contributed by atoms with Gasteiger partial charge in [0.1, 0.15) is 0 Å². The van der Waals surface area contributed by atoms with Crippen molar-refractivity contribution >= 4 is 15.8 Å². The van der Waals surface area contributed by atoms with Gasteiger partial charge in [-0.3, -0.25) is 9.69 Å². The maximum atomic E-state index is 11.4. The summed E-state index contributed by atoms with van der Waals surface area (Å²) in [6.45, 7) is 1.01. The van der Waals surface area contributed by atoms with Crippen molar-refractivity contribution in [1.82, 2.24) is 4.90 Å². The molecule has 2 aliphatic heterocycles. The monoisotopic (exact) mass is 219 g/mol. The van der Waals surface area contributed by atoms with Gasteiger partial charge in [0.25, 0.3) is 0 Å². The minimum atomic E-state index is -2.85. The van der Waals surface area contributed by atoms with E-state index < -0.39 is 15.8 Å². The first kappa shape index (κ1) is 9.92. The van der Waals surface area contributed by atoms with Crippen LogP contribution in [0.15, 0.2) is 0 Å². The molecule has 14 heavy (non-hydrogen) atoms. The minimum absolute atomic E-state index is 0.0735. The van der Waals surface area contributed by atoms with Crippen LogP contribution in [0, 0.1) is 0 Å². The third-order valence-electron chi connectivity index (χ3n) is 3.03. The summed E-state index contributed by atoms with van der Waals surface area (Å²) >= 11 is 0. The smallest absolute Gasteiger partial charge is 0.304 e. The number of nitrogens with zero attached hydrogens (tertiary/aromatic N) is 1. The van der Waals surface area contributed by atoms with E-state index >= 15 is 0 Å². The molecule has 1 N–H and O–H groups in total. The Morgan fingerprint density at radius 2 is 2.21 bits per heavy atom. The summed E-state index contributed by atoms with van der Waals surface area (Å²) in [6.07, 6.45) is 0.797. The van der Waals surface area contributed by atoms with Crippen LogP contribution in [0.3, 0.4) is 0 Å². The number of carboxylic acids is 1. The van der Waals surface area contributed by atoms with Crippen LogP contribution < -0.4 is 0 Å². The predicted molar refractivity (Wildman–Crippen MR) is 49.8 cm³/mol. The van der Waals surface area contributed by atoms with E-state index in [4.69, 9.17) is 5.11 Å². The Labute approximate surface area is 82.6 Å². The Balaban J connectivity index is 1.94. The van der Waals surface area contributed by atoms with Crippen LogP contribution in [0.5, 0.6) is 0 Å².